The van der Waals surface area contributed by atoms with Crippen molar-refractivity contribution in [1.29, 1.82) is 0 Å². The number of nitrogens with one attached hydrogen (secondary N) is 2. The number of morpholine rings is 1. The second kappa shape index (κ2) is 9.77. The molecular formula is C29H31N9O. The van der Waals surface area contributed by atoms with Gasteiger partial charge in [0.1, 0.15) is 17.5 Å². The van der Waals surface area contributed by atoms with Gasteiger partial charge in [0.05, 0.1) is 29.9 Å². The SMILES string of the molecule is Cc1nnc(-c2ccc(Nc3cc(-c4ccc5nc(C)n(CC6CC6)c5c4)nc(N4CCOCC4)n3)cc2)[nH]1. The molecule has 10 nitrogen and oxygen atoms in total. The van der Waals surface area contributed by atoms with E-state index in [1.165, 1.54) is 12.8 Å². The Morgan fingerprint density at radius 1 is 0.923 bits per heavy atom. The zero-order valence-corrected chi connectivity index (χ0v) is 22.2. The maximum Gasteiger partial charge on any atom is 0.228 e. The first-order valence-electron chi connectivity index (χ1n) is 13.5. The van der Waals surface area contributed by atoms with Gasteiger partial charge in [-0.2, -0.15) is 4.98 Å². The van der Waals surface area contributed by atoms with E-state index in [2.05, 4.69) is 55.1 Å². The van der Waals surface area contributed by atoms with Gasteiger partial charge in [0.25, 0.3) is 0 Å². The highest BCUT2D eigenvalue weighted by Crippen LogP contribution is 2.34. The van der Waals surface area contributed by atoms with Gasteiger partial charge in [-0.1, -0.05) is 6.07 Å². The number of aryl methyl sites for hydroxylation is 2. The minimum absolute atomic E-state index is 0.671. The van der Waals surface area contributed by atoms with Crippen molar-refractivity contribution < 1.29 is 4.74 Å². The Balaban J connectivity index is 1.24. The van der Waals surface area contributed by atoms with Crippen LogP contribution in [0.15, 0.2) is 48.5 Å². The van der Waals surface area contributed by atoms with Gasteiger partial charge in [-0.3, -0.25) is 0 Å². The van der Waals surface area contributed by atoms with Gasteiger partial charge in [0.2, 0.25) is 5.95 Å². The van der Waals surface area contributed by atoms with Gasteiger partial charge in [-0.25, -0.2) is 9.97 Å². The second-order valence-electron chi connectivity index (χ2n) is 10.4. The summed E-state index contributed by atoms with van der Waals surface area (Å²) in [6.07, 6.45) is 2.61. The van der Waals surface area contributed by atoms with Gasteiger partial charge in [-0.15, -0.1) is 10.2 Å². The van der Waals surface area contributed by atoms with Crippen LogP contribution in [0.3, 0.4) is 0 Å². The van der Waals surface area contributed by atoms with E-state index in [0.717, 1.165) is 82.4 Å². The number of benzene rings is 2. The summed E-state index contributed by atoms with van der Waals surface area (Å²) in [4.78, 5) is 20.1. The van der Waals surface area contributed by atoms with Crippen molar-refractivity contribution in [3.8, 4) is 22.6 Å². The van der Waals surface area contributed by atoms with Crippen LogP contribution < -0.4 is 10.2 Å². The Kier molecular flexibility index (Phi) is 5.96. The van der Waals surface area contributed by atoms with E-state index in [-0.39, 0.29) is 0 Å². The van der Waals surface area contributed by atoms with Crippen LogP contribution in [0.4, 0.5) is 17.5 Å². The summed E-state index contributed by atoms with van der Waals surface area (Å²) in [6.45, 7) is 7.90. The summed E-state index contributed by atoms with van der Waals surface area (Å²) in [5, 5.41) is 11.7. The maximum atomic E-state index is 5.58. The fraction of sp³-hybridized carbons (Fsp3) is 0.345. The molecule has 0 spiro atoms. The van der Waals surface area contributed by atoms with Crippen molar-refractivity contribution in [1.82, 2.24) is 34.7 Å². The quantitative estimate of drug-likeness (QED) is 0.312. The Hall–Kier alpha value is -4.31. The number of rotatable bonds is 7. The molecule has 2 aromatic carbocycles. The van der Waals surface area contributed by atoms with Crippen molar-refractivity contribution in [2.75, 3.05) is 36.5 Å². The molecular weight excluding hydrogens is 490 g/mol. The van der Waals surface area contributed by atoms with Crippen LogP contribution in [-0.2, 0) is 11.3 Å². The van der Waals surface area contributed by atoms with Crippen molar-refractivity contribution >= 4 is 28.5 Å². The molecule has 4 heterocycles. The second-order valence-corrected chi connectivity index (χ2v) is 10.4. The molecule has 5 aromatic rings. The molecule has 2 fully saturated rings. The molecule has 0 bridgehead atoms. The first-order valence-corrected chi connectivity index (χ1v) is 13.5. The number of anilines is 3. The minimum atomic E-state index is 0.671. The third-order valence-electron chi connectivity index (χ3n) is 7.41. The fourth-order valence-electron chi connectivity index (χ4n) is 5.08. The molecule has 3 aromatic heterocycles. The molecule has 39 heavy (non-hydrogen) atoms. The van der Waals surface area contributed by atoms with Gasteiger partial charge in [-0.05, 0) is 69.0 Å². The molecule has 1 saturated carbocycles. The number of ether oxygens (including phenoxy) is 1. The van der Waals surface area contributed by atoms with E-state index >= 15 is 0 Å². The van der Waals surface area contributed by atoms with Crippen molar-refractivity contribution in [3.63, 3.8) is 0 Å². The topological polar surface area (TPSA) is 110 Å². The molecule has 10 heteroatoms. The highest BCUT2D eigenvalue weighted by Gasteiger charge is 2.24. The van der Waals surface area contributed by atoms with Crippen molar-refractivity contribution in [3.05, 3.63) is 60.2 Å². The van der Waals surface area contributed by atoms with E-state index in [1.54, 1.807) is 0 Å². The molecule has 7 rings (SSSR count). The smallest absolute Gasteiger partial charge is 0.228 e. The largest absolute Gasteiger partial charge is 0.378 e. The zero-order chi connectivity index (χ0) is 26.3. The third-order valence-corrected chi connectivity index (χ3v) is 7.41. The number of fused-ring (bicyclic) bond motifs is 1. The lowest BCUT2D eigenvalue weighted by molar-refractivity contribution is 0.122. The van der Waals surface area contributed by atoms with E-state index in [1.807, 2.05) is 37.3 Å². The summed E-state index contributed by atoms with van der Waals surface area (Å²) in [7, 11) is 0. The van der Waals surface area contributed by atoms with Crippen LogP contribution in [0.2, 0.25) is 0 Å². The number of hydrogen-bond acceptors (Lipinski definition) is 8. The van der Waals surface area contributed by atoms with Crippen molar-refractivity contribution in [2.24, 2.45) is 5.92 Å². The van der Waals surface area contributed by atoms with Crippen LogP contribution in [0, 0.1) is 19.8 Å². The summed E-state index contributed by atoms with van der Waals surface area (Å²) in [5.74, 6) is 4.83. The molecule has 0 atom stereocenters. The molecule has 1 aliphatic heterocycles. The summed E-state index contributed by atoms with van der Waals surface area (Å²) >= 11 is 0. The van der Waals surface area contributed by atoms with Gasteiger partial charge in [0, 0.05) is 42.5 Å². The molecule has 2 N–H and O–H groups in total. The first kappa shape index (κ1) is 23.8. The summed E-state index contributed by atoms with van der Waals surface area (Å²) < 4.78 is 7.94. The molecule has 2 aliphatic rings. The highest BCUT2D eigenvalue weighted by molar-refractivity contribution is 5.83. The van der Waals surface area contributed by atoms with Gasteiger partial charge < -0.3 is 24.5 Å². The van der Waals surface area contributed by atoms with Gasteiger partial charge >= 0.3 is 0 Å². The summed E-state index contributed by atoms with van der Waals surface area (Å²) in [6, 6.07) is 16.5. The zero-order valence-electron chi connectivity index (χ0n) is 22.2. The van der Waals surface area contributed by atoms with Crippen LogP contribution >= 0.6 is 0 Å². The number of aromatic nitrogens is 7. The fourth-order valence-corrected chi connectivity index (χ4v) is 5.08. The normalized spacial score (nSPS) is 15.7. The summed E-state index contributed by atoms with van der Waals surface area (Å²) in [5.41, 5.74) is 6.03. The lowest BCUT2D eigenvalue weighted by atomic mass is 10.1. The number of imidazole rings is 1. The third kappa shape index (κ3) is 4.95. The van der Waals surface area contributed by atoms with E-state index < -0.39 is 0 Å². The first-order chi connectivity index (χ1) is 19.1. The molecule has 0 radical (unpaired) electrons. The molecule has 0 unspecified atom stereocenters. The Labute approximate surface area is 226 Å². The highest BCUT2D eigenvalue weighted by atomic mass is 16.5. The maximum absolute atomic E-state index is 5.58. The average Bonchev–Trinajstić information content (AvgIpc) is 3.60. The van der Waals surface area contributed by atoms with Crippen LogP contribution in [0.25, 0.3) is 33.7 Å². The van der Waals surface area contributed by atoms with E-state index in [9.17, 15) is 0 Å². The number of hydrogen-bond donors (Lipinski definition) is 2. The molecule has 1 aliphatic carbocycles. The Bertz CT molecular complexity index is 1630. The number of aromatic amines is 1. The van der Waals surface area contributed by atoms with E-state index in [4.69, 9.17) is 19.7 Å². The Morgan fingerprint density at radius 2 is 1.72 bits per heavy atom. The molecule has 0 amide bonds. The minimum Gasteiger partial charge on any atom is -0.378 e. The molecule has 1 saturated heterocycles. The average molecular weight is 522 g/mol. The van der Waals surface area contributed by atoms with Crippen LogP contribution in [0.5, 0.6) is 0 Å². The monoisotopic (exact) mass is 521 g/mol. The Morgan fingerprint density at radius 3 is 2.46 bits per heavy atom. The number of H-pyrrole nitrogens is 1. The molecule has 198 valence electrons. The standard InChI is InChI=1S/C29H31N9O/c1-18-30-28(36-35-18)21-5-8-23(9-6-21)32-27-16-25(33-29(34-27)37-11-13-39-14-12-37)22-7-10-24-26(15-22)38(19(2)31-24)17-20-3-4-20/h5-10,15-16,20H,3-4,11-14,17H2,1-2H3,(H,30,35,36)(H,32,33,34). The predicted octanol–water partition coefficient (Wildman–Crippen LogP) is 4.89. The van der Waals surface area contributed by atoms with E-state index in [0.29, 0.717) is 19.2 Å². The number of nitrogens with zero attached hydrogens (tertiary/aromatic N) is 7. The van der Waals surface area contributed by atoms with Crippen LogP contribution in [0.1, 0.15) is 24.5 Å². The van der Waals surface area contributed by atoms with Crippen LogP contribution in [-0.4, -0.2) is 61.0 Å². The van der Waals surface area contributed by atoms with Crippen molar-refractivity contribution in [2.45, 2.75) is 33.2 Å². The lowest BCUT2D eigenvalue weighted by Crippen LogP contribution is -2.37. The lowest BCUT2D eigenvalue weighted by Gasteiger charge is -2.27. The predicted molar refractivity (Wildman–Crippen MR) is 151 cm³/mol. The van der Waals surface area contributed by atoms with Gasteiger partial charge in [0.15, 0.2) is 5.82 Å².